The Bertz CT molecular complexity index is 427. The minimum absolute atomic E-state index is 0.119. The molecule has 0 N–H and O–H groups in total. The average molecular weight is 285 g/mol. The van der Waals surface area contributed by atoms with Gasteiger partial charge in [0.15, 0.2) is 6.10 Å². The molecule has 0 radical (unpaired) electrons. The molecule has 2 unspecified atom stereocenters. The summed E-state index contributed by atoms with van der Waals surface area (Å²) >= 11 is 0. The summed E-state index contributed by atoms with van der Waals surface area (Å²) in [4.78, 5) is 13.9. The van der Waals surface area contributed by atoms with Crippen molar-refractivity contribution < 1.29 is 26.8 Å². The molecule has 0 aromatic heterocycles. The number of hydrogen-bond acceptors (Lipinski definition) is 3. The number of carbonyl (C=O) groups excluding carboxylic acids is 1. The summed E-state index contributed by atoms with van der Waals surface area (Å²) in [7, 11) is 0. The summed E-state index contributed by atoms with van der Waals surface area (Å²) in [5.41, 5.74) is -0.585. The molecule has 1 aliphatic heterocycles. The van der Waals surface area contributed by atoms with E-state index in [1.807, 2.05) is 0 Å². The monoisotopic (exact) mass is 285 g/mol. The van der Waals surface area contributed by atoms with Crippen LogP contribution in [0.3, 0.4) is 0 Å². The summed E-state index contributed by atoms with van der Waals surface area (Å²) in [6, 6.07) is 0. The van der Waals surface area contributed by atoms with Crippen molar-refractivity contribution in [3.05, 3.63) is 0 Å². The van der Waals surface area contributed by atoms with Gasteiger partial charge in [0.1, 0.15) is 0 Å². The Balaban J connectivity index is 2.85. The summed E-state index contributed by atoms with van der Waals surface area (Å²) in [5, 5.41) is 0. The Labute approximate surface area is 115 Å². The van der Waals surface area contributed by atoms with Crippen LogP contribution in [0, 0.1) is 0 Å². The van der Waals surface area contributed by atoms with E-state index < -0.39 is 43.5 Å². The van der Waals surface area contributed by atoms with E-state index in [-0.39, 0.29) is 6.54 Å². The Morgan fingerprint density at radius 2 is 1.89 bits per heavy atom. The van der Waals surface area contributed by atoms with Crippen molar-refractivity contribution >= 4 is 6.09 Å². The van der Waals surface area contributed by atoms with Crippen molar-refractivity contribution in [3.8, 4) is 0 Å². The van der Waals surface area contributed by atoms with Crippen LogP contribution < -0.4 is 0 Å². The van der Waals surface area contributed by atoms with E-state index in [0.717, 1.165) is 0 Å². The first-order valence-corrected chi connectivity index (χ1v) is 5.90. The second-order valence-electron chi connectivity index (χ2n) is 5.32. The summed E-state index contributed by atoms with van der Waals surface area (Å²) in [6.45, 7) is 2.17. The van der Waals surface area contributed by atoms with Crippen LogP contribution in [-0.2, 0) is 4.74 Å². The van der Waals surface area contributed by atoms with E-state index in [2.05, 4.69) is 4.74 Å². The van der Waals surface area contributed by atoms with Crippen molar-refractivity contribution in [2.75, 3.05) is 26.1 Å². The number of amides is 1. The third kappa shape index (κ3) is 4.56. The summed E-state index contributed by atoms with van der Waals surface area (Å²) in [6.07, 6.45) is -8.33. The van der Waals surface area contributed by atoms with Crippen LogP contribution in [0.15, 0.2) is 0 Å². The quantitative estimate of drug-likeness (QED) is 0.742. The van der Waals surface area contributed by atoms with E-state index in [0.29, 0.717) is 11.8 Å². The predicted octanol–water partition coefficient (Wildman–Crippen LogP) is 2.49. The number of nitrogens with zero attached hydrogens (tertiary/aromatic N) is 2. The normalized spacial score (nSPS) is 29.1. The Kier molecular flexibility index (Phi) is 3.46. The molecule has 0 aromatic carbocycles. The molecule has 1 heterocycles. The van der Waals surface area contributed by atoms with Crippen molar-refractivity contribution in [1.29, 1.82) is 0 Å². The maximum Gasteiger partial charge on any atom is 0.425 e. The van der Waals surface area contributed by atoms with Crippen molar-refractivity contribution in [1.82, 2.24) is 9.80 Å². The number of alkyl halides is 3. The zero-order chi connectivity index (χ0) is 17.5. The van der Waals surface area contributed by atoms with Crippen LogP contribution in [-0.4, -0.2) is 59.8 Å². The zero-order valence-electron chi connectivity index (χ0n) is 14.4. The lowest BCUT2D eigenvalue weighted by Gasteiger charge is -2.42. The third-order valence-electron chi connectivity index (χ3n) is 2.70. The molecular weight excluding hydrogens is 261 g/mol. The number of rotatable bonds is 1. The molecule has 19 heavy (non-hydrogen) atoms. The van der Waals surface area contributed by atoms with E-state index in [1.165, 1.54) is 4.90 Å². The van der Waals surface area contributed by atoms with E-state index in [1.54, 1.807) is 20.8 Å². The standard InChI is InChI=1S/C12H21F3N2O2/c1-9(12(13,14)15)19-10(18)16-5-7-17(8-6-16)11(2,3)4/h9H,5-8H2,1-4H3/i5D,8D2. The van der Waals surface area contributed by atoms with Crippen LogP contribution in [0.4, 0.5) is 18.0 Å². The molecule has 4 nitrogen and oxygen atoms in total. The van der Waals surface area contributed by atoms with Crippen LogP contribution in [0.5, 0.6) is 0 Å². The van der Waals surface area contributed by atoms with Crippen LogP contribution in [0.1, 0.15) is 31.8 Å². The smallest absolute Gasteiger partial charge is 0.425 e. The van der Waals surface area contributed by atoms with Gasteiger partial charge < -0.3 is 9.64 Å². The Morgan fingerprint density at radius 3 is 2.37 bits per heavy atom. The molecule has 1 rings (SSSR count). The lowest BCUT2D eigenvalue weighted by atomic mass is 10.1. The highest BCUT2D eigenvalue weighted by molar-refractivity contribution is 5.68. The predicted molar refractivity (Wildman–Crippen MR) is 64.9 cm³/mol. The Morgan fingerprint density at radius 1 is 1.32 bits per heavy atom. The summed E-state index contributed by atoms with van der Waals surface area (Å²) in [5.74, 6) is 0. The number of ether oxygens (including phenoxy) is 1. The topological polar surface area (TPSA) is 32.8 Å². The van der Waals surface area contributed by atoms with Gasteiger partial charge in [-0.3, -0.25) is 4.90 Å². The van der Waals surface area contributed by atoms with E-state index in [9.17, 15) is 18.0 Å². The first kappa shape index (κ1) is 11.8. The fourth-order valence-electron chi connectivity index (χ4n) is 1.41. The first-order valence-electron chi connectivity index (χ1n) is 7.48. The minimum atomic E-state index is -4.70. The van der Waals surface area contributed by atoms with Crippen molar-refractivity contribution in [3.63, 3.8) is 0 Å². The largest absolute Gasteiger partial charge is 0.437 e. The van der Waals surface area contributed by atoms with Crippen molar-refractivity contribution in [2.24, 2.45) is 0 Å². The van der Waals surface area contributed by atoms with Gasteiger partial charge in [0, 0.05) is 34.4 Å². The number of halogens is 3. The molecule has 1 aliphatic rings. The molecule has 0 saturated carbocycles. The van der Waals surface area contributed by atoms with Gasteiger partial charge in [0.25, 0.3) is 0 Å². The van der Waals surface area contributed by atoms with Crippen LogP contribution in [0.25, 0.3) is 0 Å². The minimum Gasteiger partial charge on any atom is -0.437 e. The van der Waals surface area contributed by atoms with Gasteiger partial charge in [0.2, 0.25) is 0 Å². The number of hydrogen-bond donors (Lipinski definition) is 0. The fraction of sp³-hybridized carbons (Fsp3) is 0.917. The van der Waals surface area contributed by atoms with Gasteiger partial charge in [0.05, 0.1) is 1.37 Å². The highest BCUT2D eigenvalue weighted by Crippen LogP contribution is 2.23. The first-order chi connectivity index (χ1) is 9.66. The molecule has 7 heteroatoms. The van der Waals surface area contributed by atoms with Gasteiger partial charge in [-0.15, -0.1) is 0 Å². The van der Waals surface area contributed by atoms with Crippen LogP contribution >= 0.6 is 0 Å². The number of piperazine rings is 1. The second-order valence-corrected chi connectivity index (χ2v) is 5.32. The maximum atomic E-state index is 12.4. The highest BCUT2D eigenvalue weighted by atomic mass is 19.4. The van der Waals surface area contributed by atoms with Gasteiger partial charge in [-0.1, -0.05) is 0 Å². The van der Waals surface area contributed by atoms with E-state index >= 15 is 0 Å². The molecule has 112 valence electrons. The molecule has 1 fully saturated rings. The molecular formula is C12H21F3N2O2. The molecule has 1 saturated heterocycles. The van der Waals surface area contributed by atoms with Gasteiger partial charge >= 0.3 is 12.3 Å². The maximum absolute atomic E-state index is 12.4. The summed E-state index contributed by atoms with van der Waals surface area (Å²) < 4.78 is 65.4. The molecule has 0 aliphatic carbocycles. The van der Waals surface area contributed by atoms with Gasteiger partial charge in [-0.05, 0) is 27.7 Å². The molecule has 0 aromatic rings. The van der Waals surface area contributed by atoms with E-state index in [4.69, 9.17) is 4.11 Å². The van der Waals surface area contributed by atoms with Gasteiger partial charge in [-0.2, -0.15) is 13.2 Å². The molecule has 0 bridgehead atoms. The lowest BCUT2D eigenvalue weighted by Crippen LogP contribution is -2.55. The lowest BCUT2D eigenvalue weighted by molar-refractivity contribution is -0.200. The van der Waals surface area contributed by atoms with Crippen LogP contribution in [0.2, 0.25) is 0 Å². The highest BCUT2D eigenvalue weighted by Gasteiger charge is 2.40. The third-order valence-corrected chi connectivity index (χ3v) is 2.70. The van der Waals surface area contributed by atoms with Gasteiger partial charge in [-0.25, -0.2) is 4.79 Å². The number of carbonyl (C=O) groups is 1. The van der Waals surface area contributed by atoms with Crippen molar-refractivity contribution in [2.45, 2.75) is 45.5 Å². The SMILES string of the molecule is [2H]C1CN(C(C)(C)C)C([2H])([2H])CN1C(=O)OC(C)C(F)(F)F. The average Bonchev–Trinajstić information content (AvgIpc) is 2.28. The zero-order valence-corrected chi connectivity index (χ0v) is 11.4. The molecule has 0 spiro atoms. The fourth-order valence-corrected chi connectivity index (χ4v) is 1.41. The molecule has 1 amide bonds. The Hall–Kier alpha value is -0.980. The second kappa shape index (κ2) is 5.56. The molecule has 2 atom stereocenters.